The molecule has 3 rings (SSSR count). The summed E-state index contributed by atoms with van der Waals surface area (Å²) in [6.45, 7) is 5.08. The van der Waals surface area contributed by atoms with E-state index in [1.165, 1.54) is 0 Å². The molecule has 8 heteroatoms. The van der Waals surface area contributed by atoms with Crippen molar-refractivity contribution in [2.75, 3.05) is 44.4 Å². The first-order valence-corrected chi connectivity index (χ1v) is 9.93. The summed E-state index contributed by atoms with van der Waals surface area (Å²) in [5, 5.41) is 3.09. The van der Waals surface area contributed by atoms with Gasteiger partial charge in [0.15, 0.2) is 0 Å². The number of carbonyl (C=O) groups is 3. The van der Waals surface area contributed by atoms with Crippen LogP contribution in [0.25, 0.3) is 0 Å². The van der Waals surface area contributed by atoms with Crippen LogP contribution < -0.4 is 5.32 Å². The van der Waals surface area contributed by atoms with E-state index in [1.807, 2.05) is 16.7 Å². The minimum atomic E-state index is -0.333. The van der Waals surface area contributed by atoms with E-state index in [2.05, 4.69) is 5.32 Å². The van der Waals surface area contributed by atoms with Gasteiger partial charge in [0.1, 0.15) is 6.04 Å². The number of piperazine rings is 1. The lowest BCUT2D eigenvalue weighted by Crippen LogP contribution is -2.59. The van der Waals surface area contributed by atoms with Gasteiger partial charge in [-0.2, -0.15) is 0 Å². The highest BCUT2D eigenvalue weighted by Gasteiger charge is 2.39. The number of hydrogen-bond acceptors (Lipinski definition) is 5. The van der Waals surface area contributed by atoms with E-state index in [1.54, 1.807) is 16.7 Å². The molecule has 2 atom stereocenters. The topological polar surface area (TPSA) is 73.0 Å². The first-order chi connectivity index (χ1) is 11.6. The van der Waals surface area contributed by atoms with Crippen LogP contribution >= 0.6 is 11.8 Å². The molecule has 3 amide bonds. The molecule has 3 saturated heterocycles. The van der Waals surface area contributed by atoms with E-state index < -0.39 is 0 Å². The summed E-state index contributed by atoms with van der Waals surface area (Å²) in [6, 6.07) is -0.221. The van der Waals surface area contributed by atoms with E-state index in [0.29, 0.717) is 37.7 Å². The van der Waals surface area contributed by atoms with Crippen LogP contribution in [0.5, 0.6) is 0 Å². The second-order valence-electron chi connectivity index (χ2n) is 6.58. The quantitative estimate of drug-likeness (QED) is 0.755. The number of hydrogen-bond donors (Lipinski definition) is 1. The molecule has 0 aromatic carbocycles. The van der Waals surface area contributed by atoms with Crippen molar-refractivity contribution in [2.45, 2.75) is 38.3 Å². The molecule has 2 unspecified atom stereocenters. The van der Waals surface area contributed by atoms with Crippen LogP contribution in [0.4, 0.5) is 0 Å². The molecule has 7 nitrogen and oxygen atoms in total. The standard InChI is InChI=1S/C16H26N4O3S/c1-2-14(21)20-11-24-10-13(20)16(23)18-6-3-4-12(9-18)19-7-5-17-8-15(19)22/h12-13,17H,2-11H2,1H3. The lowest BCUT2D eigenvalue weighted by molar-refractivity contribution is -0.146. The fourth-order valence-corrected chi connectivity index (χ4v) is 4.90. The third kappa shape index (κ3) is 3.54. The lowest BCUT2D eigenvalue weighted by atomic mass is 10.0. The summed E-state index contributed by atoms with van der Waals surface area (Å²) in [6.07, 6.45) is 2.30. The number of amides is 3. The van der Waals surface area contributed by atoms with Crippen LogP contribution in [-0.2, 0) is 14.4 Å². The summed E-state index contributed by atoms with van der Waals surface area (Å²) in [7, 11) is 0. The Kier molecular flexibility index (Phi) is 5.65. The van der Waals surface area contributed by atoms with Crippen LogP contribution in [0.3, 0.4) is 0 Å². The Balaban J connectivity index is 1.64. The molecular weight excluding hydrogens is 328 g/mol. The van der Waals surface area contributed by atoms with Crippen LogP contribution in [0.1, 0.15) is 26.2 Å². The summed E-state index contributed by atoms with van der Waals surface area (Å²) in [4.78, 5) is 42.6. The SMILES string of the molecule is CCC(=O)N1CSCC1C(=O)N1CCCC(N2CCNCC2=O)C1. The van der Waals surface area contributed by atoms with E-state index in [9.17, 15) is 14.4 Å². The maximum atomic E-state index is 12.9. The fourth-order valence-electron chi connectivity index (χ4n) is 3.72. The van der Waals surface area contributed by atoms with Crippen molar-refractivity contribution in [1.82, 2.24) is 20.0 Å². The van der Waals surface area contributed by atoms with E-state index in [4.69, 9.17) is 0 Å². The average molecular weight is 354 g/mol. The third-order valence-electron chi connectivity index (χ3n) is 5.07. The lowest BCUT2D eigenvalue weighted by Gasteiger charge is -2.42. The number of rotatable bonds is 3. The minimum Gasteiger partial charge on any atom is -0.339 e. The molecule has 0 spiro atoms. The maximum Gasteiger partial charge on any atom is 0.246 e. The van der Waals surface area contributed by atoms with Gasteiger partial charge in [-0.25, -0.2) is 0 Å². The van der Waals surface area contributed by atoms with Gasteiger partial charge in [-0.3, -0.25) is 14.4 Å². The highest BCUT2D eigenvalue weighted by molar-refractivity contribution is 7.99. The van der Waals surface area contributed by atoms with Crippen molar-refractivity contribution in [2.24, 2.45) is 0 Å². The molecular formula is C16H26N4O3S. The highest BCUT2D eigenvalue weighted by atomic mass is 32.2. The van der Waals surface area contributed by atoms with E-state index in [0.717, 1.165) is 25.9 Å². The largest absolute Gasteiger partial charge is 0.339 e. The zero-order valence-electron chi connectivity index (χ0n) is 14.2. The molecule has 3 fully saturated rings. The van der Waals surface area contributed by atoms with Crippen LogP contribution in [0, 0.1) is 0 Å². The molecule has 0 bridgehead atoms. The molecule has 3 heterocycles. The van der Waals surface area contributed by atoms with Gasteiger partial charge in [-0.15, -0.1) is 11.8 Å². The van der Waals surface area contributed by atoms with Gasteiger partial charge >= 0.3 is 0 Å². The van der Waals surface area contributed by atoms with E-state index >= 15 is 0 Å². The molecule has 24 heavy (non-hydrogen) atoms. The Hall–Kier alpha value is -1.28. The van der Waals surface area contributed by atoms with Crippen LogP contribution in [0.2, 0.25) is 0 Å². The summed E-state index contributed by atoms with van der Waals surface area (Å²) < 4.78 is 0. The minimum absolute atomic E-state index is 0.0455. The van der Waals surface area contributed by atoms with E-state index in [-0.39, 0.29) is 29.8 Å². The van der Waals surface area contributed by atoms with Crippen LogP contribution in [-0.4, -0.2) is 88.9 Å². The predicted octanol–water partition coefficient (Wildman–Crippen LogP) is -0.279. The summed E-state index contributed by atoms with van der Waals surface area (Å²) in [5.74, 6) is 1.51. The smallest absolute Gasteiger partial charge is 0.246 e. The molecule has 0 aromatic heterocycles. The van der Waals surface area contributed by atoms with Crippen molar-refractivity contribution in [3.05, 3.63) is 0 Å². The predicted molar refractivity (Wildman–Crippen MR) is 92.4 cm³/mol. The molecule has 0 saturated carbocycles. The average Bonchev–Trinajstić information content (AvgIpc) is 3.10. The Bertz CT molecular complexity index is 516. The molecule has 0 radical (unpaired) electrons. The maximum absolute atomic E-state index is 12.9. The zero-order chi connectivity index (χ0) is 17.1. The van der Waals surface area contributed by atoms with Crippen molar-refractivity contribution in [3.63, 3.8) is 0 Å². The van der Waals surface area contributed by atoms with Gasteiger partial charge < -0.3 is 20.0 Å². The summed E-state index contributed by atoms with van der Waals surface area (Å²) in [5.41, 5.74) is 0. The second-order valence-corrected chi connectivity index (χ2v) is 7.58. The van der Waals surface area contributed by atoms with Crippen LogP contribution in [0.15, 0.2) is 0 Å². The molecule has 0 aliphatic carbocycles. The van der Waals surface area contributed by atoms with Gasteiger partial charge in [0.2, 0.25) is 17.7 Å². The van der Waals surface area contributed by atoms with Crippen molar-refractivity contribution < 1.29 is 14.4 Å². The van der Waals surface area contributed by atoms with Gasteiger partial charge in [0, 0.05) is 44.4 Å². The Morgan fingerprint density at radius 1 is 1.33 bits per heavy atom. The molecule has 3 aliphatic heterocycles. The molecule has 0 aromatic rings. The second kappa shape index (κ2) is 7.74. The monoisotopic (exact) mass is 354 g/mol. The van der Waals surface area contributed by atoms with Crippen molar-refractivity contribution >= 4 is 29.5 Å². The first kappa shape index (κ1) is 17.5. The van der Waals surface area contributed by atoms with Gasteiger partial charge in [0.05, 0.1) is 12.4 Å². The van der Waals surface area contributed by atoms with Crippen molar-refractivity contribution in [1.29, 1.82) is 0 Å². The Labute approximate surface area is 147 Å². The number of nitrogens with one attached hydrogen (secondary N) is 1. The molecule has 1 N–H and O–H groups in total. The Morgan fingerprint density at radius 3 is 2.92 bits per heavy atom. The summed E-state index contributed by atoms with van der Waals surface area (Å²) >= 11 is 1.64. The fraction of sp³-hybridized carbons (Fsp3) is 0.812. The number of carbonyl (C=O) groups excluding carboxylic acids is 3. The number of piperidine rings is 1. The van der Waals surface area contributed by atoms with Crippen molar-refractivity contribution in [3.8, 4) is 0 Å². The first-order valence-electron chi connectivity index (χ1n) is 8.78. The number of likely N-dealkylation sites (tertiary alicyclic amines) is 1. The van der Waals surface area contributed by atoms with Gasteiger partial charge in [-0.1, -0.05) is 6.92 Å². The molecule has 3 aliphatic rings. The zero-order valence-corrected chi connectivity index (χ0v) is 15.0. The normalized spacial score (nSPS) is 28.4. The number of nitrogens with zero attached hydrogens (tertiary/aromatic N) is 3. The van der Waals surface area contributed by atoms with Gasteiger partial charge in [0.25, 0.3) is 0 Å². The highest BCUT2D eigenvalue weighted by Crippen LogP contribution is 2.25. The van der Waals surface area contributed by atoms with Gasteiger partial charge in [-0.05, 0) is 12.8 Å². The third-order valence-corrected chi connectivity index (χ3v) is 6.08. The Morgan fingerprint density at radius 2 is 2.17 bits per heavy atom. The number of thioether (sulfide) groups is 1. The molecule has 134 valence electrons.